The SMILES string of the molecule is COc1cccc(CS(=O)(=O)C2CCNCC2)c1. The normalized spacial score (nSPS) is 17.6. The second-order valence-corrected chi connectivity index (χ2v) is 6.89. The highest BCUT2D eigenvalue weighted by atomic mass is 32.2. The number of piperidine rings is 1. The summed E-state index contributed by atoms with van der Waals surface area (Å²) in [5.41, 5.74) is 0.799. The van der Waals surface area contributed by atoms with Crippen molar-refractivity contribution in [3.63, 3.8) is 0 Å². The molecule has 18 heavy (non-hydrogen) atoms. The summed E-state index contributed by atoms with van der Waals surface area (Å²) >= 11 is 0. The summed E-state index contributed by atoms with van der Waals surface area (Å²) in [4.78, 5) is 0. The summed E-state index contributed by atoms with van der Waals surface area (Å²) < 4.78 is 29.7. The molecule has 4 nitrogen and oxygen atoms in total. The van der Waals surface area contributed by atoms with Crippen molar-refractivity contribution in [1.29, 1.82) is 0 Å². The van der Waals surface area contributed by atoms with Crippen molar-refractivity contribution < 1.29 is 13.2 Å². The molecule has 1 N–H and O–H groups in total. The first kappa shape index (κ1) is 13.4. The van der Waals surface area contributed by atoms with Crippen molar-refractivity contribution >= 4 is 9.84 Å². The van der Waals surface area contributed by atoms with Crippen LogP contribution in [0.3, 0.4) is 0 Å². The predicted molar refractivity (Wildman–Crippen MR) is 71.5 cm³/mol. The lowest BCUT2D eigenvalue weighted by Crippen LogP contribution is -2.36. The van der Waals surface area contributed by atoms with Crippen LogP contribution in [-0.4, -0.2) is 33.9 Å². The molecule has 1 aromatic carbocycles. The van der Waals surface area contributed by atoms with E-state index < -0.39 is 9.84 Å². The Hall–Kier alpha value is -1.07. The van der Waals surface area contributed by atoms with Gasteiger partial charge >= 0.3 is 0 Å². The second-order valence-electron chi connectivity index (χ2n) is 4.61. The molecule has 100 valence electrons. The van der Waals surface area contributed by atoms with Crippen LogP contribution in [0, 0.1) is 0 Å². The molecule has 0 aromatic heterocycles. The molecule has 0 bridgehead atoms. The average Bonchev–Trinajstić information content (AvgIpc) is 2.39. The number of nitrogens with one attached hydrogen (secondary N) is 1. The Morgan fingerprint density at radius 2 is 2.06 bits per heavy atom. The molecule has 1 aromatic rings. The molecule has 1 saturated heterocycles. The lowest BCUT2D eigenvalue weighted by atomic mass is 10.2. The molecule has 1 fully saturated rings. The molecule has 5 heteroatoms. The average molecular weight is 269 g/mol. The summed E-state index contributed by atoms with van der Waals surface area (Å²) in [6.07, 6.45) is 1.43. The zero-order valence-electron chi connectivity index (χ0n) is 10.6. The van der Waals surface area contributed by atoms with Crippen molar-refractivity contribution in [2.75, 3.05) is 20.2 Å². The van der Waals surface area contributed by atoms with Gasteiger partial charge < -0.3 is 10.1 Å². The lowest BCUT2D eigenvalue weighted by Gasteiger charge is -2.22. The third-order valence-electron chi connectivity index (χ3n) is 3.30. The van der Waals surface area contributed by atoms with Gasteiger partial charge in [0.15, 0.2) is 9.84 Å². The zero-order chi connectivity index (χ0) is 13.0. The summed E-state index contributed by atoms with van der Waals surface area (Å²) in [6, 6.07) is 7.27. The van der Waals surface area contributed by atoms with Crippen molar-refractivity contribution in [2.24, 2.45) is 0 Å². The molecule has 0 spiro atoms. The van der Waals surface area contributed by atoms with Gasteiger partial charge in [0, 0.05) is 0 Å². The standard InChI is InChI=1S/C13H19NO3S/c1-17-12-4-2-3-11(9-12)10-18(15,16)13-5-7-14-8-6-13/h2-4,9,13-14H,5-8,10H2,1H3. The van der Waals surface area contributed by atoms with Crippen LogP contribution in [0.5, 0.6) is 5.75 Å². The molecule has 0 saturated carbocycles. The van der Waals surface area contributed by atoms with Gasteiger partial charge in [0.25, 0.3) is 0 Å². The minimum absolute atomic E-state index is 0.106. The van der Waals surface area contributed by atoms with Gasteiger partial charge in [-0.15, -0.1) is 0 Å². The van der Waals surface area contributed by atoms with E-state index >= 15 is 0 Å². The van der Waals surface area contributed by atoms with E-state index in [4.69, 9.17) is 4.74 Å². The van der Waals surface area contributed by atoms with Gasteiger partial charge in [-0.2, -0.15) is 0 Å². The van der Waals surface area contributed by atoms with Crippen LogP contribution in [0.25, 0.3) is 0 Å². The van der Waals surface area contributed by atoms with Gasteiger partial charge in [0.2, 0.25) is 0 Å². The first-order valence-corrected chi connectivity index (χ1v) is 7.88. The van der Waals surface area contributed by atoms with Crippen molar-refractivity contribution in [3.05, 3.63) is 29.8 Å². The van der Waals surface area contributed by atoms with Gasteiger partial charge in [-0.1, -0.05) is 12.1 Å². The Labute approximate surface area is 108 Å². The van der Waals surface area contributed by atoms with Gasteiger partial charge in [-0.05, 0) is 43.6 Å². The monoisotopic (exact) mass is 269 g/mol. The number of sulfone groups is 1. The topological polar surface area (TPSA) is 55.4 Å². The smallest absolute Gasteiger partial charge is 0.157 e. The molecule has 0 unspecified atom stereocenters. The van der Waals surface area contributed by atoms with Gasteiger partial charge in [-0.25, -0.2) is 8.42 Å². The first-order chi connectivity index (χ1) is 8.62. The fourth-order valence-electron chi connectivity index (χ4n) is 2.27. The Bertz CT molecular complexity index is 493. The van der Waals surface area contributed by atoms with E-state index in [1.54, 1.807) is 13.2 Å². The van der Waals surface area contributed by atoms with Crippen LogP contribution >= 0.6 is 0 Å². The maximum absolute atomic E-state index is 12.3. The number of hydrogen-bond donors (Lipinski definition) is 1. The van der Waals surface area contributed by atoms with Gasteiger partial charge in [-0.3, -0.25) is 0 Å². The maximum atomic E-state index is 12.3. The van der Waals surface area contributed by atoms with E-state index in [1.165, 1.54) is 0 Å². The number of methoxy groups -OCH3 is 1. The Kier molecular flexibility index (Phi) is 4.24. The minimum atomic E-state index is -3.06. The number of benzene rings is 1. The molecule has 1 aliphatic heterocycles. The van der Waals surface area contributed by atoms with Gasteiger partial charge in [0.1, 0.15) is 5.75 Å². The summed E-state index contributed by atoms with van der Waals surface area (Å²) in [7, 11) is -1.47. The lowest BCUT2D eigenvalue weighted by molar-refractivity contribution is 0.414. The molecule has 0 aliphatic carbocycles. The van der Waals surface area contributed by atoms with Crippen LogP contribution in [0.15, 0.2) is 24.3 Å². The van der Waals surface area contributed by atoms with Crippen LogP contribution in [0.2, 0.25) is 0 Å². The molecular formula is C13H19NO3S. The van der Waals surface area contributed by atoms with E-state index in [1.807, 2.05) is 18.2 Å². The fourth-order valence-corrected chi connectivity index (χ4v) is 4.10. The van der Waals surface area contributed by atoms with E-state index in [0.29, 0.717) is 18.6 Å². The minimum Gasteiger partial charge on any atom is -0.497 e. The third-order valence-corrected chi connectivity index (χ3v) is 5.52. The Morgan fingerprint density at radius 3 is 2.72 bits per heavy atom. The van der Waals surface area contributed by atoms with Crippen LogP contribution in [0.4, 0.5) is 0 Å². The molecule has 0 radical (unpaired) electrons. The molecule has 1 aliphatic rings. The highest BCUT2D eigenvalue weighted by Gasteiger charge is 2.27. The number of rotatable bonds is 4. The van der Waals surface area contributed by atoms with Gasteiger partial charge in [0.05, 0.1) is 18.1 Å². The molecule has 0 amide bonds. The Balaban J connectivity index is 2.11. The van der Waals surface area contributed by atoms with Crippen molar-refractivity contribution in [3.8, 4) is 5.75 Å². The molecule has 2 rings (SSSR count). The highest BCUT2D eigenvalue weighted by molar-refractivity contribution is 7.91. The molecule has 1 heterocycles. The number of ether oxygens (including phenoxy) is 1. The highest BCUT2D eigenvalue weighted by Crippen LogP contribution is 2.20. The fraction of sp³-hybridized carbons (Fsp3) is 0.538. The summed E-state index contributed by atoms with van der Waals surface area (Å²) in [5.74, 6) is 0.808. The second kappa shape index (κ2) is 5.71. The third kappa shape index (κ3) is 3.23. The molecule has 0 atom stereocenters. The van der Waals surface area contributed by atoms with E-state index in [2.05, 4.69) is 5.32 Å². The van der Waals surface area contributed by atoms with Crippen LogP contribution in [0.1, 0.15) is 18.4 Å². The summed E-state index contributed by atoms with van der Waals surface area (Å²) in [5, 5.41) is 2.98. The van der Waals surface area contributed by atoms with Crippen LogP contribution < -0.4 is 10.1 Å². The molecular weight excluding hydrogens is 250 g/mol. The summed E-state index contributed by atoms with van der Waals surface area (Å²) in [6.45, 7) is 1.59. The largest absolute Gasteiger partial charge is 0.497 e. The maximum Gasteiger partial charge on any atom is 0.157 e. The van der Waals surface area contributed by atoms with E-state index in [-0.39, 0.29) is 11.0 Å². The van der Waals surface area contributed by atoms with Crippen molar-refractivity contribution in [2.45, 2.75) is 23.8 Å². The van der Waals surface area contributed by atoms with Crippen molar-refractivity contribution in [1.82, 2.24) is 5.32 Å². The quantitative estimate of drug-likeness (QED) is 0.897. The predicted octanol–water partition coefficient (Wildman–Crippen LogP) is 1.36. The van der Waals surface area contributed by atoms with Crippen LogP contribution in [-0.2, 0) is 15.6 Å². The number of hydrogen-bond acceptors (Lipinski definition) is 4. The first-order valence-electron chi connectivity index (χ1n) is 6.17. The zero-order valence-corrected chi connectivity index (χ0v) is 11.4. The van der Waals surface area contributed by atoms with E-state index in [9.17, 15) is 8.42 Å². The Morgan fingerprint density at radius 1 is 1.33 bits per heavy atom. The van der Waals surface area contributed by atoms with E-state index in [0.717, 1.165) is 18.7 Å².